The van der Waals surface area contributed by atoms with Crippen LogP contribution in [0, 0.1) is 10.8 Å². The predicted octanol–water partition coefficient (Wildman–Crippen LogP) is 2.26. The molecule has 2 aromatic rings. The highest BCUT2D eigenvalue weighted by Crippen LogP contribution is 2.52. The molecule has 2 aliphatic rings. The average molecular weight is 385 g/mol. The summed E-state index contributed by atoms with van der Waals surface area (Å²) in [6, 6.07) is 1.94. The predicted molar refractivity (Wildman–Crippen MR) is 106 cm³/mol. The van der Waals surface area contributed by atoms with Gasteiger partial charge in [0.25, 0.3) is 0 Å². The summed E-state index contributed by atoms with van der Waals surface area (Å²) in [7, 11) is 1.87. The van der Waals surface area contributed by atoms with Crippen molar-refractivity contribution in [1.82, 2.24) is 24.6 Å². The maximum absolute atomic E-state index is 12.2. The minimum absolute atomic E-state index is 0.0122. The molecular weight excluding hydrogens is 358 g/mol. The van der Waals surface area contributed by atoms with Gasteiger partial charge in [0, 0.05) is 56.5 Å². The zero-order valence-electron chi connectivity index (χ0n) is 16.8. The third-order valence-corrected chi connectivity index (χ3v) is 6.07. The fraction of sp³-hybridized carbons (Fsp3) is 0.579. The summed E-state index contributed by atoms with van der Waals surface area (Å²) < 4.78 is 6.93. The first-order valence-corrected chi connectivity index (χ1v) is 9.57. The van der Waals surface area contributed by atoms with Crippen molar-refractivity contribution in [1.29, 1.82) is 0 Å². The van der Waals surface area contributed by atoms with Gasteiger partial charge in [0.15, 0.2) is 0 Å². The molecule has 9 nitrogen and oxygen atoms in total. The quantitative estimate of drug-likeness (QED) is 0.863. The standard InChI is InChI=1S/C19H27N7O2/c1-5-28-17(27)26-12-18(2)10-25(11-19(18,3)13-26)15-6-7-20-16(23-15)22-14-8-21-24(4)9-14/h6-9H,5,10-13H2,1-4H3,(H,20,22,23)/t18-,19+. The molecule has 150 valence electrons. The topological polar surface area (TPSA) is 88.4 Å². The highest BCUT2D eigenvalue weighted by Gasteiger charge is 2.59. The van der Waals surface area contributed by atoms with Gasteiger partial charge in [-0.3, -0.25) is 4.68 Å². The highest BCUT2D eigenvalue weighted by molar-refractivity contribution is 5.68. The Bertz CT molecular complexity index is 865. The zero-order chi connectivity index (χ0) is 19.9. The number of nitrogens with zero attached hydrogens (tertiary/aromatic N) is 6. The van der Waals surface area contributed by atoms with E-state index in [4.69, 9.17) is 9.72 Å². The molecule has 2 atom stereocenters. The normalized spacial score (nSPS) is 26.4. The molecule has 9 heteroatoms. The Morgan fingerprint density at radius 3 is 2.57 bits per heavy atom. The van der Waals surface area contributed by atoms with Gasteiger partial charge in [-0.2, -0.15) is 10.1 Å². The fourth-order valence-electron chi connectivity index (χ4n) is 4.37. The van der Waals surface area contributed by atoms with Gasteiger partial charge >= 0.3 is 6.09 Å². The fourth-order valence-corrected chi connectivity index (χ4v) is 4.37. The number of nitrogens with one attached hydrogen (secondary N) is 1. The Hall–Kier alpha value is -2.84. The summed E-state index contributed by atoms with van der Waals surface area (Å²) in [6.45, 7) is 9.82. The Balaban J connectivity index is 1.49. The van der Waals surface area contributed by atoms with Crippen molar-refractivity contribution >= 4 is 23.5 Å². The van der Waals surface area contributed by atoms with Crippen molar-refractivity contribution in [2.45, 2.75) is 20.8 Å². The van der Waals surface area contributed by atoms with Crippen LogP contribution in [0.15, 0.2) is 24.7 Å². The Morgan fingerprint density at radius 2 is 1.96 bits per heavy atom. The number of rotatable bonds is 4. The van der Waals surface area contributed by atoms with Crippen LogP contribution in [0.3, 0.4) is 0 Å². The molecular formula is C19H27N7O2. The van der Waals surface area contributed by atoms with Crippen molar-refractivity contribution in [2.75, 3.05) is 43.0 Å². The molecule has 0 radical (unpaired) electrons. The Labute approximate surface area is 164 Å². The molecule has 0 saturated carbocycles. The van der Waals surface area contributed by atoms with Crippen LogP contribution in [-0.2, 0) is 11.8 Å². The van der Waals surface area contributed by atoms with Crippen molar-refractivity contribution in [3.8, 4) is 0 Å². The van der Waals surface area contributed by atoms with Gasteiger partial charge in [0.2, 0.25) is 5.95 Å². The smallest absolute Gasteiger partial charge is 0.409 e. The summed E-state index contributed by atoms with van der Waals surface area (Å²) in [5.41, 5.74) is 0.825. The van der Waals surface area contributed by atoms with Crippen LogP contribution in [0.25, 0.3) is 0 Å². The second kappa shape index (κ2) is 6.65. The van der Waals surface area contributed by atoms with Gasteiger partial charge in [-0.15, -0.1) is 0 Å². The molecule has 1 N–H and O–H groups in total. The second-order valence-electron chi connectivity index (χ2n) is 8.30. The van der Waals surface area contributed by atoms with E-state index in [-0.39, 0.29) is 16.9 Å². The van der Waals surface area contributed by atoms with E-state index in [0.717, 1.165) is 24.6 Å². The van der Waals surface area contributed by atoms with E-state index < -0.39 is 0 Å². The van der Waals surface area contributed by atoms with E-state index in [1.54, 1.807) is 17.1 Å². The number of hydrogen-bond acceptors (Lipinski definition) is 7. The molecule has 2 saturated heterocycles. The first-order valence-electron chi connectivity index (χ1n) is 9.57. The average Bonchev–Trinajstić information content (AvgIpc) is 3.23. The molecule has 28 heavy (non-hydrogen) atoms. The third-order valence-electron chi connectivity index (χ3n) is 6.07. The summed E-state index contributed by atoms with van der Waals surface area (Å²) >= 11 is 0. The summed E-state index contributed by atoms with van der Waals surface area (Å²) in [4.78, 5) is 25.3. The molecule has 2 aliphatic heterocycles. The lowest BCUT2D eigenvalue weighted by Crippen LogP contribution is -2.36. The van der Waals surface area contributed by atoms with E-state index in [9.17, 15) is 4.79 Å². The SMILES string of the molecule is CCOC(=O)N1C[C@@]2(C)CN(c3ccnc(Nc4cnn(C)c4)n3)C[C@@]2(C)C1. The number of carbonyl (C=O) groups is 1. The molecule has 0 aromatic carbocycles. The molecule has 0 aliphatic carbocycles. The molecule has 0 unspecified atom stereocenters. The maximum Gasteiger partial charge on any atom is 0.409 e. The lowest BCUT2D eigenvalue weighted by atomic mass is 9.71. The maximum atomic E-state index is 12.2. The van der Waals surface area contributed by atoms with Crippen LogP contribution in [0.4, 0.5) is 22.2 Å². The third kappa shape index (κ3) is 3.14. The second-order valence-corrected chi connectivity index (χ2v) is 8.30. The first kappa shape index (κ1) is 18.5. The van der Waals surface area contributed by atoms with E-state index in [0.29, 0.717) is 25.6 Å². The molecule has 2 aromatic heterocycles. The highest BCUT2D eigenvalue weighted by atomic mass is 16.6. The lowest BCUT2D eigenvalue weighted by molar-refractivity contribution is 0.111. The number of ether oxygens (including phenoxy) is 1. The van der Waals surface area contributed by atoms with Crippen LogP contribution in [0.1, 0.15) is 20.8 Å². The first-order chi connectivity index (χ1) is 13.3. The minimum Gasteiger partial charge on any atom is -0.450 e. The van der Waals surface area contributed by atoms with Gasteiger partial charge in [-0.05, 0) is 13.0 Å². The molecule has 0 spiro atoms. The zero-order valence-corrected chi connectivity index (χ0v) is 16.8. The molecule has 4 heterocycles. The van der Waals surface area contributed by atoms with Crippen LogP contribution in [0.5, 0.6) is 0 Å². The number of carbonyl (C=O) groups excluding carboxylic acids is 1. The van der Waals surface area contributed by atoms with Crippen LogP contribution in [0.2, 0.25) is 0 Å². The van der Waals surface area contributed by atoms with Crippen LogP contribution < -0.4 is 10.2 Å². The lowest BCUT2D eigenvalue weighted by Gasteiger charge is -2.29. The number of likely N-dealkylation sites (tertiary alicyclic amines) is 1. The number of amides is 1. The monoisotopic (exact) mass is 385 g/mol. The van der Waals surface area contributed by atoms with Gasteiger partial charge < -0.3 is 19.9 Å². The number of aromatic nitrogens is 4. The van der Waals surface area contributed by atoms with Gasteiger partial charge in [0.1, 0.15) is 5.82 Å². The van der Waals surface area contributed by atoms with E-state index in [1.165, 1.54) is 0 Å². The van der Waals surface area contributed by atoms with Crippen molar-refractivity contribution in [3.05, 3.63) is 24.7 Å². The van der Waals surface area contributed by atoms with Gasteiger partial charge in [-0.1, -0.05) is 13.8 Å². The molecule has 0 bridgehead atoms. The van der Waals surface area contributed by atoms with Crippen molar-refractivity contribution < 1.29 is 9.53 Å². The Morgan fingerprint density at radius 1 is 1.25 bits per heavy atom. The summed E-state index contributed by atoms with van der Waals surface area (Å²) in [6.07, 6.45) is 5.17. The molecule has 4 rings (SSSR count). The summed E-state index contributed by atoms with van der Waals surface area (Å²) in [5.74, 6) is 1.44. The van der Waals surface area contributed by atoms with Crippen molar-refractivity contribution in [2.24, 2.45) is 17.9 Å². The van der Waals surface area contributed by atoms with Gasteiger partial charge in [-0.25, -0.2) is 9.78 Å². The van der Waals surface area contributed by atoms with Crippen LogP contribution >= 0.6 is 0 Å². The number of hydrogen-bond donors (Lipinski definition) is 1. The van der Waals surface area contributed by atoms with Crippen LogP contribution in [-0.4, -0.2) is 63.5 Å². The number of fused-ring (bicyclic) bond motifs is 1. The van der Waals surface area contributed by atoms with E-state index in [1.807, 2.05) is 31.1 Å². The minimum atomic E-state index is -0.212. The molecule has 2 fully saturated rings. The van der Waals surface area contributed by atoms with E-state index in [2.05, 4.69) is 34.1 Å². The van der Waals surface area contributed by atoms with Gasteiger partial charge in [0.05, 0.1) is 18.5 Å². The molecule has 1 amide bonds. The number of anilines is 3. The van der Waals surface area contributed by atoms with E-state index >= 15 is 0 Å². The largest absolute Gasteiger partial charge is 0.450 e. The van der Waals surface area contributed by atoms with Crippen molar-refractivity contribution in [3.63, 3.8) is 0 Å². The Kier molecular flexibility index (Phi) is 4.40. The summed E-state index contributed by atoms with van der Waals surface area (Å²) in [5, 5.41) is 7.34. The number of aryl methyl sites for hydroxylation is 1.